The summed E-state index contributed by atoms with van der Waals surface area (Å²) in [5.74, 6) is -0.302. The third-order valence-electron chi connectivity index (χ3n) is 2.57. The standard InChI is InChI=1S/C15H10BrN3O/c16-13-8-4-5-11(9-13)10-14(18-19-17)15(20)12-6-2-1-3-7-12/h1-10H/b14-10-. The molecule has 5 heteroatoms. The number of carbonyl (C=O) groups is 1. The van der Waals surface area contributed by atoms with Crippen LogP contribution in [0.5, 0.6) is 0 Å². The van der Waals surface area contributed by atoms with Crippen molar-refractivity contribution in [2.24, 2.45) is 5.11 Å². The van der Waals surface area contributed by atoms with Crippen LogP contribution < -0.4 is 0 Å². The number of benzene rings is 2. The molecule has 20 heavy (non-hydrogen) atoms. The van der Waals surface area contributed by atoms with Gasteiger partial charge in [-0.3, -0.25) is 4.79 Å². The van der Waals surface area contributed by atoms with E-state index in [9.17, 15) is 4.79 Å². The van der Waals surface area contributed by atoms with Gasteiger partial charge >= 0.3 is 0 Å². The lowest BCUT2D eigenvalue weighted by Crippen LogP contribution is -2.00. The topological polar surface area (TPSA) is 65.8 Å². The van der Waals surface area contributed by atoms with E-state index in [1.807, 2.05) is 30.3 Å². The summed E-state index contributed by atoms with van der Waals surface area (Å²) in [5, 5.41) is 3.50. The van der Waals surface area contributed by atoms with Crippen LogP contribution in [0.15, 0.2) is 69.9 Å². The quantitative estimate of drug-likeness (QED) is 0.256. The van der Waals surface area contributed by atoms with Crippen LogP contribution in [0, 0.1) is 0 Å². The van der Waals surface area contributed by atoms with Crippen molar-refractivity contribution in [3.8, 4) is 0 Å². The lowest BCUT2D eigenvalue weighted by atomic mass is 10.1. The third kappa shape index (κ3) is 3.57. The molecule has 0 aliphatic heterocycles. The van der Waals surface area contributed by atoms with E-state index in [1.165, 1.54) is 0 Å². The zero-order valence-electron chi connectivity index (χ0n) is 10.4. The molecule has 2 rings (SSSR count). The molecule has 0 fully saturated rings. The molecule has 0 aliphatic rings. The van der Waals surface area contributed by atoms with E-state index in [1.54, 1.807) is 30.3 Å². The maximum Gasteiger partial charge on any atom is 0.195 e. The van der Waals surface area contributed by atoms with Crippen molar-refractivity contribution in [3.05, 3.63) is 86.3 Å². The Morgan fingerprint density at radius 1 is 1.15 bits per heavy atom. The number of rotatable bonds is 4. The minimum atomic E-state index is -0.302. The largest absolute Gasteiger partial charge is 0.289 e. The Morgan fingerprint density at radius 3 is 2.55 bits per heavy atom. The van der Waals surface area contributed by atoms with Gasteiger partial charge in [-0.2, -0.15) is 0 Å². The Hall–Kier alpha value is -2.36. The van der Waals surface area contributed by atoms with E-state index < -0.39 is 0 Å². The molecular weight excluding hydrogens is 318 g/mol. The summed E-state index contributed by atoms with van der Waals surface area (Å²) in [6.45, 7) is 0. The van der Waals surface area contributed by atoms with Gasteiger partial charge in [0.05, 0.1) is 5.70 Å². The second kappa shape index (κ2) is 6.70. The van der Waals surface area contributed by atoms with Crippen LogP contribution >= 0.6 is 15.9 Å². The van der Waals surface area contributed by atoms with E-state index in [4.69, 9.17) is 5.53 Å². The zero-order chi connectivity index (χ0) is 14.4. The molecule has 0 aliphatic carbocycles. The first kappa shape index (κ1) is 14.1. The Kier molecular flexibility index (Phi) is 4.71. The van der Waals surface area contributed by atoms with Gasteiger partial charge in [0.1, 0.15) is 0 Å². The predicted molar refractivity (Wildman–Crippen MR) is 82.0 cm³/mol. The van der Waals surface area contributed by atoms with Crippen LogP contribution in [-0.4, -0.2) is 5.78 Å². The number of ketones is 1. The molecule has 98 valence electrons. The maximum absolute atomic E-state index is 12.3. The fourth-order valence-corrected chi connectivity index (χ4v) is 2.10. The smallest absolute Gasteiger partial charge is 0.195 e. The van der Waals surface area contributed by atoms with E-state index >= 15 is 0 Å². The molecule has 0 spiro atoms. The second-order valence-corrected chi connectivity index (χ2v) is 4.88. The van der Waals surface area contributed by atoms with Gasteiger partial charge in [0, 0.05) is 14.9 Å². The minimum absolute atomic E-state index is 0.0665. The molecule has 0 N–H and O–H groups in total. The van der Waals surface area contributed by atoms with Crippen molar-refractivity contribution >= 4 is 27.8 Å². The highest BCUT2D eigenvalue weighted by atomic mass is 79.9. The van der Waals surface area contributed by atoms with Crippen molar-refractivity contribution in [1.29, 1.82) is 0 Å². The van der Waals surface area contributed by atoms with Crippen molar-refractivity contribution in [2.75, 3.05) is 0 Å². The Morgan fingerprint density at radius 2 is 1.90 bits per heavy atom. The minimum Gasteiger partial charge on any atom is -0.289 e. The van der Waals surface area contributed by atoms with E-state index in [2.05, 4.69) is 26.0 Å². The van der Waals surface area contributed by atoms with Crippen LogP contribution in [0.1, 0.15) is 15.9 Å². The number of Topliss-reactive ketones (excluding diaryl/α,β-unsaturated/α-hetero) is 1. The van der Waals surface area contributed by atoms with Crippen LogP contribution in [0.3, 0.4) is 0 Å². The summed E-state index contributed by atoms with van der Waals surface area (Å²) in [4.78, 5) is 15.0. The molecule has 0 amide bonds. The number of hydrogen-bond acceptors (Lipinski definition) is 2. The molecular formula is C15H10BrN3O. The average Bonchev–Trinajstić information content (AvgIpc) is 2.47. The number of carbonyl (C=O) groups excluding carboxylic acids is 1. The first-order valence-electron chi connectivity index (χ1n) is 5.83. The highest BCUT2D eigenvalue weighted by Gasteiger charge is 2.10. The second-order valence-electron chi connectivity index (χ2n) is 3.97. The van der Waals surface area contributed by atoms with Crippen LogP contribution in [0.2, 0.25) is 0 Å². The number of allylic oxidation sites excluding steroid dienone is 1. The maximum atomic E-state index is 12.3. The van der Waals surface area contributed by atoms with Crippen LogP contribution in [0.25, 0.3) is 16.5 Å². The van der Waals surface area contributed by atoms with Crippen LogP contribution in [0.4, 0.5) is 0 Å². The number of azide groups is 1. The van der Waals surface area contributed by atoms with Crippen molar-refractivity contribution < 1.29 is 4.79 Å². The summed E-state index contributed by atoms with van der Waals surface area (Å²) in [7, 11) is 0. The summed E-state index contributed by atoms with van der Waals surface area (Å²) in [6.07, 6.45) is 1.57. The van der Waals surface area contributed by atoms with Crippen molar-refractivity contribution in [1.82, 2.24) is 0 Å². The average molecular weight is 328 g/mol. The van der Waals surface area contributed by atoms with E-state index in [-0.39, 0.29) is 11.5 Å². The summed E-state index contributed by atoms with van der Waals surface area (Å²) >= 11 is 3.36. The molecule has 4 nitrogen and oxygen atoms in total. The van der Waals surface area contributed by atoms with Gasteiger partial charge in [-0.15, -0.1) is 0 Å². The van der Waals surface area contributed by atoms with Gasteiger partial charge in [-0.25, -0.2) is 0 Å². The SMILES string of the molecule is [N-]=[N+]=N/C(=C\c1cccc(Br)c1)C(=O)c1ccccc1. The molecule has 0 radical (unpaired) electrons. The van der Waals surface area contributed by atoms with E-state index in [0.29, 0.717) is 5.56 Å². The first-order chi connectivity index (χ1) is 9.70. The molecule has 0 saturated carbocycles. The van der Waals surface area contributed by atoms with Crippen molar-refractivity contribution in [3.63, 3.8) is 0 Å². The molecule has 0 aromatic heterocycles. The zero-order valence-corrected chi connectivity index (χ0v) is 12.0. The lowest BCUT2D eigenvalue weighted by Gasteiger charge is -2.01. The van der Waals surface area contributed by atoms with Gasteiger partial charge in [0.15, 0.2) is 5.78 Å². The predicted octanol–water partition coefficient (Wildman–Crippen LogP) is 4.98. The van der Waals surface area contributed by atoms with Gasteiger partial charge in [0.2, 0.25) is 0 Å². The third-order valence-corrected chi connectivity index (χ3v) is 3.07. The fraction of sp³-hybridized carbons (Fsp3) is 0. The highest BCUT2D eigenvalue weighted by molar-refractivity contribution is 9.10. The van der Waals surface area contributed by atoms with Gasteiger partial charge < -0.3 is 0 Å². The molecule has 0 unspecified atom stereocenters. The fourth-order valence-electron chi connectivity index (χ4n) is 1.68. The number of hydrogen-bond donors (Lipinski definition) is 0. The first-order valence-corrected chi connectivity index (χ1v) is 6.62. The van der Waals surface area contributed by atoms with Gasteiger partial charge in [-0.1, -0.05) is 63.5 Å². The number of nitrogens with zero attached hydrogens (tertiary/aromatic N) is 3. The molecule has 2 aromatic rings. The monoisotopic (exact) mass is 327 g/mol. The van der Waals surface area contributed by atoms with Crippen molar-refractivity contribution in [2.45, 2.75) is 0 Å². The number of halogens is 1. The van der Waals surface area contributed by atoms with Crippen LogP contribution in [-0.2, 0) is 0 Å². The Labute approximate surface area is 124 Å². The lowest BCUT2D eigenvalue weighted by molar-refractivity contribution is 0.103. The summed E-state index contributed by atoms with van der Waals surface area (Å²) in [5.41, 5.74) is 9.96. The molecule has 0 bridgehead atoms. The van der Waals surface area contributed by atoms with Gasteiger partial charge in [-0.05, 0) is 29.3 Å². The highest BCUT2D eigenvalue weighted by Crippen LogP contribution is 2.17. The normalized spacial score (nSPS) is 10.8. The summed E-state index contributed by atoms with van der Waals surface area (Å²) in [6, 6.07) is 16.1. The molecule has 0 heterocycles. The van der Waals surface area contributed by atoms with E-state index in [0.717, 1.165) is 10.0 Å². The Bertz CT molecular complexity index is 704. The van der Waals surface area contributed by atoms with Gasteiger partial charge in [0.25, 0.3) is 0 Å². The molecule has 0 atom stereocenters. The molecule has 0 saturated heterocycles. The molecule has 2 aromatic carbocycles. The Balaban J connectivity index is 2.42. The summed E-state index contributed by atoms with van der Waals surface area (Å²) < 4.78 is 0.888.